The molecule has 30 heavy (non-hydrogen) atoms. The summed E-state index contributed by atoms with van der Waals surface area (Å²) in [6.07, 6.45) is 1.13. The first kappa shape index (κ1) is 20.8. The molecule has 1 fully saturated rings. The van der Waals surface area contributed by atoms with Gasteiger partial charge in [-0.25, -0.2) is 4.79 Å². The van der Waals surface area contributed by atoms with Gasteiger partial charge in [-0.05, 0) is 24.6 Å². The fraction of sp³-hybridized carbons (Fsp3) is 0.250. The summed E-state index contributed by atoms with van der Waals surface area (Å²) >= 11 is 0. The molecule has 0 saturated carbocycles. The number of anilines is 2. The zero-order valence-corrected chi connectivity index (χ0v) is 16.1. The van der Waals surface area contributed by atoms with E-state index in [1.807, 2.05) is 0 Å². The summed E-state index contributed by atoms with van der Waals surface area (Å²) in [5, 5.41) is 13.3. The summed E-state index contributed by atoms with van der Waals surface area (Å²) < 4.78 is 10.1. The SMILES string of the molecule is COc1cc([N+](=O)[O-])ccc1NC(=O)COC(=O)c1ccccc1N1CCCC1=O. The summed E-state index contributed by atoms with van der Waals surface area (Å²) in [6.45, 7) is -0.0647. The Hall–Kier alpha value is -3.95. The van der Waals surface area contributed by atoms with Crippen molar-refractivity contribution in [2.75, 3.05) is 30.5 Å². The lowest BCUT2D eigenvalue weighted by Crippen LogP contribution is -2.27. The van der Waals surface area contributed by atoms with Crippen molar-refractivity contribution in [1.29, 1.82) is 0 Å². The second kappa shape index (κ2) is 9.03. The zero-order chi connectivity index (χ0) is 21.7. The maximum atomic E-state index is 12.5. The van der Waals surface area contributed by atoms with Crippen molar-refractivity contribution in [3.63, 3.8) is 0 Å². The normalized spacial score (nSPS) is 13.1. The van der Waals surface area contributed by atoms with Crippen LogP contribution in [0.1, 0.15) is 23.2 Å². The third kappa shape index (κ3) is 4.54. The van der Waals surface area contributed by atoms with Gasteiger partial charge >= 0.3 is 5.97 Å². The molecule has 1 aliphatic heterocycles. The Balaban J connectivity index is 1.65. The largest absolute Gasteiger partial charge is 0.494 e. The molecule has 0 bridgehead atoms. The topological polar surface area (TPSA) is 128 Å². The molecular weight excluding hydrogens is 394 g/mol. The molecule has 0 unspecified atom stereocenters. The monoisotopic (exact) mass is 413 g/mol. The molecule has 3 rings (SSSR count). The van der Waals surface area contributed by atoms with Gasteiger partial charge in [0, 0.05) is 19.0 Å². The number of carbonyl (C=O) groups excluding carboxylic acids is 3. The number of carbonyl (C=O) groups is 3. The van der Waals surface area contributed by atoms with Crippen LogP contribution in [-0.2, 0) is 14.3 Å². The number of non-ortho nitro benzene ring substituents is 1. The van der Waals surface area contributed by atoms with E-state index in [4.69, 9.17) is 9.47 Å². The lowest BCUT2D eigenvalue weighted by atomic mass is 10.1. The molecule has 0 spiro atoms. The summed E-state index contributed by atoms with van der Waals surface area (Å²) in [7, 11) is 1.31. The van der Waals surface area contributed by atoms with Gasteiger partial charge in [0.25, 0.3) is 11.6 Å². The Morgan fingerprint density at radius 2 is 2.00 bits per heavy atom. The Morgan fingerprint density at radius 1 is 1.23 bits per heavy atom. The maximum Gasteiger partial charge on any atom is 0.340 e. The highest BCUT2D eigenvalue weighted by Gasteiger charge is 2.26. The minimum absolute atomic E-state index is 0.0711. The quantitative estimate of drug-likeness (QED) is 0.420. The predicted octanol–water partition coefficient (Wildman–Crippen LogP) is 2.53. The van der Waals surface area contributed by atoms with Crippen molar-refractivity contribution >= 4 is 34.8 Å². The number of amides is 2. The highest BCUT2D eigenvalue weighted by Crippen LogP contribution is 2.29. The Morgan fingerprint density at radius 3 is 2.67 bits per heavy atom. The van der Waals surface area contributed by atoms with Crippen LogP contribution in [0.2, 0.25) is 0 Å². The number of hydrogen-bond donors (Lipinski definition) is 1. The van der Waals surface area contributed by atoms with Gasteiger partial charge < -0.3 is 19.7 Å². The molecule has 2 aromatic carbocycles. The second-order valence-electron chi connectivity index (χ2n) is 6.43. The van der Waals surface area contributed by atoms with Crippen LogP contribution in [0.4, 0.5) is 17.1 Å². The van der Waals surface area contributed by atoms with E-state index in [9.17, 15) is 24.5 Å². The van der Waals surface area contributed by atoms with Gasteiger partial charge in [0.1, 0.15) is 5.75 Å². The highest BCUT2D eigenvalue weighted by molar-refractivity contribution is 6.04. The predicted molar refractivity (Wildman–Crippen MR) is 107 cm³/mol. The number of benzene rings is 2. The lowest BCUT2D eigenvalue weighted by Gasteiger charge is -2.18. The van der Waals surface area contributed by atoms with Crippen LogP contribution in [-0.4, -0.2) is 43.0 Å². The highest BCUT2D eigenvalue weighted by atomic mass is 16.6. The molecule has 10 nitrogen and oxygen atoms in total. The van der Waals surface area contributed by atoms with E-state index in [1.165, 1.54) is 36.3 Å². The molecule has 10 heteroatoms. The van der Waals surface area contributed by atoms with Crippen LogP contribution in [0.5, 0.6) is 5.75 Å². The molecule has 1 N–H and O–H groups in total. The van der Waals surface area contributed by atoms with Crippen LogP contribution in [0.25, 0.3) is 0 Å². The summed E-state index contributed by atoms with van der Waals surface area (Å²) in [5.74, 6) is -1.36. The van der Waals surface area contributed by atoms with Gasteiger partial charge in [-0.15, -0.1) is 0 Å². The van der Waals surface area contributed by atoms with E-state index in [1.54, 1.807) is 18.2 Å². The number of nitrogens with one attached hydrogen (secondary N) is 1. The van der Waals surface area contributed by atoms with Crippen LogP contribution >= 0.6 is 0 Å². The van der Waals surface area contributed by atoms with Crippen LogP contribution in [0.3, 0.4) is 0 Å². The van der Waals surface area contributed by atoms with E-state index >= 15 is 0 Å². The lowest BCUT2D eigenvalue weighted by molar-refractivity contribution is -0.384. The number of nitro benzene ring substituents is 1. The van der Waals surface area contributed by atoms with E-state index < -0.39 is 23.4 Å². The zero-order valence-electron chi connectivity index (χ0n) is 16.1. The van der Waals surface area contributed by atoms with Gasteiger partial charge in [-0.2, -0.15) is 0 Å². The summed E-state index contributed by atoms with van der Waals surface area (Å²) in [4.78, 5) is 48.5. The number of hydrogen-bond acceptors (Lipinski definition) is 7. The minimum Gasteiger partial charge on any atom is -0.494 e. The number of nitrogens with zero attached hydrogens (tertiary/aromatic N) is 2. The molecule has 1 saturated heterocycles. The molecule has 0 aromatic heterocycles. The van der Waals surface area contributed by atoms with E-state index in [2.05, 4.69) is 5.32 Å². The third-order valence-electron chi connectivity index (χ3n) is 4.49. The van der Waals surface area contributed by atoms with Gasteiger partial charge in [-0.1, -0.05) is 12.1 Å². The standard InChI is InChI=1S/C20H19N3O7/c1-29-17-11-13(23(27)28)8-9-15(17)21-18(24)12-30-20(26)14-5-2-3-6-16(14)22-10-4-7-19(22)25/h2-3,5-6,8-9,11H,4,7,10,12H2,1H3,(H,21,24). The molecule has 1 aliphatic rings. The van der Waals surface area contributed by atoms with Gasteiger partial charge in [0.2, 0.25) is 5.91 Å². The number of nitro groups is 1. The molecule has 1 heterocycles. The van der Waals surface area contributed by atoms with Crippen LogP contribution in [0.15, 0.2) is 42.5 Å². The molecule has 2 amide bonds. The van der Waals surface area contributed by atoms with Crippen LogP contribution < -0.4 is 15.0 Å². The first-order valence-electron chi connectivity index (χ1n) is 9.09. The van der Waals surface area contributed by atoms with Crippen molar-refractivity contribution in [2.45, 2.75) is 12.8 Å². The van der Waals surface area contributed by atoms with Crippen molar-refractivity contribution in [2.24, 2.45) is 0 Å². The smallest absolute Gasteiger partial charge is 0.340 e. The van der Waals surface area contributed by atoms with Crippen molar-refractivity contribution in [3.8, 4) is 5.75 Å². The van der Waals surface area contributed by atoms with Gasteiger partial charge in [-0.3, -0.25) is 19.7 Å². The number of rotatable bonds is 7. The first-order valence-corrected chi connectivity index (χ1v) is 9.09. The van der Waals surface area contributed by atoms with Crippen molar-refractivity contribution in [3.05, 3.63) is 58.1 Å². The average Bonchev–Trinajstić information content (AvgIpc) is 3.17. The molecule has 0 atom stereocenters. The van der Waals surface area contributed by atoms with E-state index in [0.717, 1.165) is 0 Å². The maximum absolute atomic E-state index is 12.5. The van der Waals surface area contributed by atoms with E-state index in [0.29, 0.717) is 25.1 Å². The summed E-state index contributed by atoms with van der Waals surface area (Å²) in [5.41, 5.74) is 0.646. The van der Waals surface area contributed by atoms with E-state index in [-0.39, 0.29) is 28.6 Å². The van der Waals surface area contributed by atoms with Crippen LogP contribution in [0, 0.1) is 10.1 Å². The Kier molecular flexibility index (Phi) is 6.26. The van der Waals surface area contributed by atoms with Crippen molar-refractivity contribution in [1.82, 2.24) is 0 Å². The molecule has 0 aliphatic carbocycles. The Labute approximate surface area is 171 Å². The molecular formula is C20H19N3O7. The van der Waals surface area contributed by atoms with Crippen molar-refractivity contribution < 1.29 is 28.8 Å². The molecule has 156 valence electrons. The van der Waals surface area contributed by atoms with Gasteiger partial charge in [0.15, 0.2) is 6.61 Å². The fourth-order valence-electron chi connectivity index (χ4n) is 3.08. The first-order chi connectivity index (χ1) is 14.4. The number of esters is 1. The minimum atomic E-state index is -0.740. The third-order valence-corrected chi connectivity index (χ3v) is 4.49. The second-order valence-corrected chi connectivity index (χ2v) is 6.43. The summed E-state index contributed by atoms with van der Waals surface area (Å²) in [6, 6.07) is 10.2. The average molecular weight is 413 g/mol. The van der Waals surface area contributed by atoms with Gasteiger partial charge in [0.05, 0.1) is 35.0 Å². The number of ether oxygens (including phenoxy) is 2. The molecule has 2 aromatic rings. The fourth-order valence-corrected chi connectivity index (χ4v) is 3.08. The number of methoxy groups -OCH3 is 1. The number of para-hydroxylation sites is 1. The Bertz CT molecular complexity index is 1010. The molecule has 0 radical (unpaired) electrons.